The predicted octanol–water partition coefficient (Wildman–Crippen LogP) is 4.64. The Labute approximate surface area is 136 Å². The average Bonchev–Trinajstić information content (AvgIpc) is 2.35. The van der Waals surface area contributed by atoms with E-state index in [1.54, 1.807) is 0 Å². The fourth-order valence-corrected chi connectivity index (χ4v) is 8.71. The van der Waals surface area contributed by atoms with Crippen molar-refractivity contribution in [1.29, 1.82) is 0 Å². The van der Waals surface area contributed by atoms with Crippen molar-refractivity contribution in [3.63, 3.8) is 0 Å². The fraction of sp³-hybridized carbons (Fsp3) is 0.824. The largest absolute Gasteiger partial charge is 0.456 e. The van der Waals surface area contributed by atoms with Gasteiger partial charge in [0.25, 0.3) is 0 Å². The van der Waals surface area contributed by atoms with E-state index in [2.05, 4.69) is 32.2 Å². The highest BCUT2D eigenvalue weighted by atomic mass is 32.2. The number of carbonyl (C=O) groups is 1. The second kappa shape index (κ2) is 5.84. The van der Waals surface area contributed by atoms with Crippen LogP contribution in [0.5, 0.6) is 0 Å². The summed E-state index contributed by atoms with van der Waals surface area (Å²) in [6.07, 6.45) is 8.57. The normalized spacial score (nSPS) is 41.8. The zero-order chi connectivity index (χ0) is 15.1. The van der Waals surface area contributed by atoms with E-state index in [1.807, 2.05) is 11.8 Å². The first-order valence-electron chi connectivity index (χ1n) is 8.13. The van der Waals surface area contributed by atoms with Gasteiger partial charge in [0.15, 0.2) is 0 Å². The molecule has 118 valence electrons. The number of rotatable bonds is 6. The molecule has 0 saturated heterocycles. The maximum atomic E-state index is 11.8. The van der Waals surface area contributed by atoms with Gasteiger partial charge < -0.3 is 4.74 Å². The molecule has 0 heterocycles. The van der Waals surface area contributed by atoms with Gasteiger partial charge in [0.05, 0.1) is 0 Å². The Morgan fingerprint density at radius 2 is 2.05 bits per heavy atom. The smallest absolute Gasteiger partial charge is 0.330 e. The van der Waals surface area contributed by atoms with Crippen LogP contribution < -0.4 is 0 Å². The molecule has 0 aromatic rings. The molecule has 4 aliphatic carbocycles. The van der Waals surface area contributed by atoms with Gasteiger partial charge in [0.1, 0.15) is 5.60 Å². The highest BCUT2D eigenvalue weighted by Gasteiger charge is 2.60. The van der Waals surface area contributed by atoms with Crippen molar-refractivity contribution in [3.8, 4) is 0 Å². The minimum atomic E-state index is -0.229. The number of carbonyl (C=O) groups excluding carboxylic acids is 1. The van der Waals surface area contributed by atoms with E-state index in [0.29, 0.717) is 9.33 Å². The quantitative estimate of drug-likeness (QED) is 0.403. The summed E-state index contributed by atoms with van der Waals surface area (Å²) < 4.78 is 6.88. The molecule has 0 aromatic carbocycles. The van der Waals surface area contributed by atoms with Crippen LogP contribution in [0.15, 0.2) is 12.7 Å². The molecular formula is C17H26O2S2. The molecule has 4 aliphatic rings. The lowest BCUT2D eigenvalue weighted by molar-refractivity contribution is -0.177. The Morgan fingerprint density at radius 3 is 2.62 bits per heavy atom. The van der Waals surface area contributed by atoms with Gasteiger partial charge in [-0.2, -0.15) is 0 Å². The van der Waals surface area contributed by atoms with Crippen molar-refractivity contribution in [2.45, 2.75) is 67.3 Å². The topological polar surface area (TPSA) is 26.3 Å². The summed E-state index contributed by atoms with van der Waals surface area (Å²) in [6, 6.07) is 0. The van der Waals surface area contributed by atoms with Crippen molar-refractivity contribution < 1.29 is 9.53 Å². The van der Waals surface area contributed by atoms with E-state index in [9.17, 15) is 4.79 Å². The Hall–Kier alpha value is -0.0900. The van der Waals surface area contributed by atoms with Gasteiger partial charge in [-0.3, -0.25) is 0 Å². The lowest BCUT2D eigenvalue weighted by atomic mass is 9.53. The van der Waals surface area contributed by atoms with Crippen LogP contribution >= 0.6 is 23.5 Å². The first-order chi connectivity index (χ1) is 9.98. The molecule has 0 spiro atoms. The zero-order valence-corrected chi connectivity index (χ0v) is 14.7. The first kappa shape index (κ1) is 15.8. The van der Waals surface area contributed by atoms with Crippen LogP contribution in [0.25, 0.3) is 0 Å². The third-order valence-corrected chi connectivity index (χ3v) is 8.06. The molecule has 0 aromatic heterocycles. The van der Waals surface area contributed by atoms with Crippen molar-refractivity contribution in [1.82, 2.24) is 0 Å². The fourth-order valence-electron chi connectivity index (χ4n) is 5.23. The summed E-state index contributed by atoms with van der Waals surface area (Å²) in [5, 5.41) is 0. The van der Waals surface area contributed by atoms with Gasteiger partial charge in [-0.05, 0) is 56.6 Å². The molecule has 0 N–H and O–H groups in total. The van der Waals surface area contributed by atoms with Gasteiger partial charge in [0.2, 0.25) is 0 Å². The lowest BCUT2D eigenvalue weighted by Crippen LogP contribution is -2.59. The van der Waals surface area contributed by atoms with E-state index >= 15 is 0 Å². The minimum Gasteiger partial charge on any atom is -0.456 e. The summed E-state index contributed by atoms with van der Waals surface area (Å²) in [7, 11) is 0. The molecule has 0 amide bonds. The van der Waals surface area contributed by atoms with Crippen LogP contribution in [-0.4, -0.2) is 26.7 Å². The van der Waals surface area contributed by atoms with Crippen LogP contribution in [0, 0.1) is 11.8 Å². The molecule has 4 bridgehead atoms. The number of hydrogen-bond donors (Lipinski definition) is 0. The molecule has 21 heavy (non-hydrogen) atoms. The number of thioether (sulfide) groups is 2. The number of esters is 1. The van der Waals surface area contributed by atoms with E-state index in [-0.39, 0.29) is 11.6 Å². The van der Waals surface area contributed by atoms with E-state index < -0.39 is 0 Å². The summed E-state index contributed by atoms with van der Waals surface area (Å²) in [4.78, 5) is 11.8. The van der Waals surface area contributed by atoms with Crippen molar-refractivity contribution in [2.24, 2.45) is 11.8 Å². The van der Waals surface area contributed by atoms with Crippen LogP contribution in [0.1, 0.15) is 52.4 Å². The van der Waals surface area contributed by atoms with Gasteiger partial charge in [-0.15, -0.1) is 23.5 Å². The summed E-state index contributed by atoms with van der Waals surface area (Å²) in [5.41, 5.74) is -0.182. The molecule has 2 nitrogen and oxygen atoms in total. The first-order valence-corrected chi connectivity index (χ1v) is 10.1. The Balaban J connectivity index is 1.77. The second-order valence-electron chi connectivity index (χ2n) is 7.09. The Kier molecular flexibility index (Phi) is 4.39. The standard InChI is InChI=1S/C17H26O2S2/c1-4-15(18)19-16-7-13-6-14(8-16)10-17(9-13,11-16)21-12(3)20-5-2/h4,12-14H,1,5-11H2,2-3H3. The maximum absolute atomic E-state index is 11.8. The summed E-state index contributed by atoms with van der Waals surface area (Å²) >= 11 is 4.20. The van der Waals surface area contributed by atoms with Crippen molar-refractivity contribution in [3.05, 3.63) is 12.7 Å². The summed E-state index contributed by atoms with van der Waals surface area (Å²) in [5.74, 6) is 2.46. The number of ether oxygens (including phenoxy) is 1. The molecule has 4 heteroatoms. The second-order valence-corrected chi connectivity index (χ2v) is 10.8. The predicted molar refractivity (Wildman–Crippen MR) is 91.6 cm³/mol. The lowest BCUT2D eigenvalue weighted by Gasteiger charge is -2.61. The van der Waals surface area contributed by atoms with Gasteiger partial charge >= 0.3 is 5.97 Å². The SMILES string of the molecule is C=CC(=O)OC12CC3CC(C1)CC(SC(C)SCC)(C3)C2. The van der Waals surface area contributed by atoms with Crippen molar-refractivity contribution in [2.75, 3.05) is 5.75 Å². The molecule has 4 saturated carbocycles. The van der Waals surface area contributed by atoms with Crippen LogP contribution in [0.2, 0.25) is 0 Å². The highest BCUT2D eigenvalue weighted by Crippen LogP contribution is 2.64. The van der Waals surface area contributed by atoms with E-state index in [4.69, 9.17) is 4.74 Å². The summed E-state index contributed by atoms with van der Waals surface area (Å²) in [6.45, 7) is 8.13. The van der Waals surface area contributed by atoms with Gasteiger partial charge in [0, 0.05) is 21.8 Å². The van der Waals surface area contributed by atoms with Crippen LogP contribution in [-0.2, 0) is 9.53 Å². The number of hydrogen-bond acceptors (Lipinski definition) is 4. The average molecular weight is 327 g/mol. The molecule has 0 radical (unpaired) electrons. The minimum absolute atomic E-state index is 0.182. The maximum Gasteiger partial charge on any atom is 0.330 e. The van der Waals surface area contributed by atoms with Crippen LogP contribution in [0.4, 0.5) is 0 Å². The van der Waals surface area contributed by atoms with E-state index in [0.717, 1.165) is 31.1 Å². The Morgan fingerprint density at radius 1 is 1.38 bits per heavy atom. The molecule has 3 atom stereocenters. The van der Waals surface area contributed by atoms with Crippen LogP contribution in [0.3, 0.4) is 0 Å². The third-order valence-electron chi connectivity index (χ3n) is 5.25. The molecule has 3 unspecified atom stereocenters. The van der Waals surface area contributed by atoms with E-state index in [1.165, 1.54) is 31.1 Å². The molecule has 0 aliphatic heterocycles. The molecular weight excluding hydrogens is 300 g/mol. The monoisotopic (exact) mass is 326 g/mol. The highest BCUT2D eigenvalue weighted by molar-refractivity contribution is 8.17. The third kappa shape index (κ3) is 3.17. The molecule has 4 rings (SSSR count). The zero-order valence-electron chi connectivity index (χ0n) is 13.1. The Bertz CT molecular complexity index is 421. The van der Waals surface area contributed by atoms with Gasteiger partial charge in [-0.1, -0.05) is 13.5 Å². The van der Waals surface area contributed by atoms with Gasteiger partial charge in [-0.25, -0.2) is 4.79 Å². The van der Waals surface area contributed by atoms with Crippen molar-refractivity contribution >= 4 is 29.5 Å². The molecule has 4 fully saturated rings.